The van der Waals surface area contributed by atoms with Crippen LogP contribution in [0.2, 0.25) is 5.02 Å². The molecule has 0 radical (unpaired) electrons. The van der Waals surface area contributed by atoms with Crippen molar-refractivity contribution in [3.63, 3.8) is 0 Å². The molecule has 186 valence electrons. The molecule has 3 aromatic carbocycles. The van der Waals surface area contributed by atoms with E-state index in [0.717, 1.165) is 34.0 Å². The number of hydrogen-bond acceptors (Lipinski definition) is 4. The van der Waals surface area contributed by atoms with Gasteiger partial charge in [0.15, 0.2) is 0 Å². The van der Waals surface area contributed by atoms with Crippen LogP contribution in [-0.4, -0.2) is 17.6 Å². The Morgan fingerprint density at radius 1 is 1.00 bits per heavy atom. The lowest BCUT2D eigenvalue weighted by molar-refractivity contribution is -0.112. The molecule has 1 aromatic heterocycles. The molecule has 0 spiro atoms. The molecule has 7 heteroatoms. The van der Waals surface area contributed by atoms with Gasteiger partial charge in [0, 0.05) is 27.8 Å². The minimum atomic E-state index is -0.473. The van der Waals surface area contributed by atoms with Gasteiger partial charge < -0.3 is 19.4 Å². The van der Waals surface area contributed by atoms with Crippen LogP contribution < -0.4 is 14.8 Å². The summed E-state index contributed by atoms with van der Waals surface area (Å²) in [7, 11) is 1.58. The van der Waals surface area contributed by atoms with E-state index >= 15 is 0 Å². The molecule has 0 atom stereocenters. The molecule has 0 fully saturated rings. The van der Waals surface area contributed by atoms with Crippen LogP contribution >= 0.6 is 11.6 Å². The molecule has 4 rings (SSSR count). The molecule has 0 saturated heterocycles. The second-order valence-electron chi connectivity index (χ2n) is 8.42. The molecule has 1 heterocycles. The van der Waals surface area contributed by atoms with Crippen molar-refractivity contribution >= 4 is 29.3 Å². The molecule has 0 unspecified atom stereocenters. The standard InChI is InChI=1S/C30H26ClN3O3/c1-20-16-23(17-24(18-32)30(35)33-26-8-12-28(36-3)13-9-26)21(2)34(20)27-10-14-29(15-11-27)37-19-22-4-6-25(31)7-5-22/h4-17H,19H2,1-3H3,(H,33,35)/b24-17-. The first kappa shape index (κ1) is 25.6. The van der Waals surface area contributed by atoms with Crippen molar-refractivity contribution in [2.45, 2.75) is 20.5 Å². The largest absolute Gasteiger partial charge is 0.497 e. The summed E-state index contributed by atoms with van der Waals surface area (Å²) in [4.78, 5) is 12.7. The van der Waals surface area contributed by atoms with Crippen LogP contribution in [0.15, 0.2) is 84.4 Å². The summed E-state index contributed by atoms with van der Waals surface area (Å²) in [5, 5.41) is 13.1. The van der Waals surface area contributed by atoms with E-state index in [2.05, 4.69) is 9.88 Å². The first-order chi connectivity index (χ1) is 17.9. The Kier molecular flexibility index (Phi) is 7.97. The molecule has 0 aliphatic rings. The van der Waals surface area contributed by atoms with Crippen molar-refractivity contribution in [3.8, 4) is 23.3 Å². The molecule has 0 aliphatic heterocycles. The topological polar surface area (TPSA) is 76.3 Å². The van der Waals surface area contributed by atoms with E-state index in [4.69, 9.17) is 21.1 Å². The van der Waals surface area contributed by atoms with Gasteiger partial charge in [0.05, 0.1) is 7.11 Å². The first-order valence-corrected chi connectivity index (χ1v) is 12.0. The third-order valence-corrected chi connectivity index (χ3v) is 6.15. The van der Waals surface area contributed by atoms with E-state index in [1.165, 1.54) is 0 Å². The average molecular weight is 512 g/mol. The monoisotopic (exact) mass is 511 g/mol. The number of nitrogens with one attached hydrogen (secondary N) is 1. The van der Waals surface area contributed by atoms with Crippen LogP contribution in [0.4, 0.5) is 5.69 Å². The number of carbonyl (C=O) groups is 1. The lowest BCUT2D eigenvalue weighted by Crippen LogP contribution is -2.13. The van der Waals surface area contributed by atoms with Gasteiger partial charge in [-0.1, -0.05) is 23.7 Å². The third kappa shape index (κ3) is 6.21. The second kappa shape index (κ2) is 11.5. The Bertz CT molecular complexity index is 1460. The number of methoxy groups -OCH3 is 1. The normalized spacial score (nSPS) is 11.1. The number of benzene rings is 3. The number of ether oxygens (including phenoxy) is 2. The first-order valence-electron chi connectivity index (χ1n) is 11.6. The number of nitrogens with zero attached hydrogens (tertiary/aromatic N) is 2. The molecule has 0 aliphatic carbocycles. The number of carbonyl (C=O) groups excluding carboxylic acids is 1. The summed E-state index contributed by atoms with van der Waals surface area (Å²) in [5.74, 6) is 0.963. The number of aryl methyl sites for hydroxylation is 1. The second-order valence-corrected chi connectivity index (χ2v) is 8.86. The number of hydrogen-bond donors (Lipinski definition) is 1. The maximum atomic E-state index is 12.7. The van der Waals surface area contributed by atoms with Gasteiger partial charge >= 0.3 is 0 Å². The molecule has 37 heavy (non-hydrogen) atoms. The van der Waals surface area contributed by atoms with Crippen molar-refractivity contribution < 1.29 is 14.3 Å². The minimum Gasteiger partial charge on any atom is -0.497 e. The van der Waals surface area contributed by atoms with Gasteiger partial charge in [0.25, 0.3) is 5.91 Å². The maximum Gasteiger partial charge on any atom is 0.266 e. The van der Waals surface area contributed by atoms with E-state index in [1.807, 2.05) is 74.5 Å². The summed E-state index contributed by atoms with van der Waals surface area (Å²) in [6.07, 6.45) is 1.61. The predicted molar refractivity (Wildman–Crippen MR) is 146 cm³/mol. The minimum absolute atomic E-state index is 0.0158. The average Bonchev–Trinajstić information content (AvgIpc) is 3.19. The maximum absolute atomic E-state index is 12.7. The summed E-state index contributed by atoms with van der Waals surface area (Å²) in [6.45, 7) is 4.39. The van der Waals surface area contributed by atoms with Gasteiger partial charge in [-0.3, -0.25) is 4.79 Å². The molecule has 4 aromatic rings. The predicted octanol–water partition coefficient (Wildman–Crippen LogP) is 6.88. The highest BCUT2D eigenvalue weighted by molar-refractivity contribution is 6.30. The van der Waals surface area contributed by atoms with Crippen LogP contribution in [0.25, 0.3) is 11.8 Å². The van der Waals surface area contributed by atoms with Crippen molar-refractivity contribution in [3.05, 3.63) is 112 Å². The summed E-state index contributed by atoms with van der Waals surface area (Å²) in [6, 6.07) is 26.3. The zero-order valence-corrected chi connectivity index (χ0v) is 21.5. The Morgan fingerprint density at radius 2 is 1.65 bits per heavy atom. The number of rotatable bonds is 8. The van der Waals surface area contributed by atoms with Gasteiger partial charge in [-0.05, 0) is 97.8 Å². The van der Waals surface area contributed by atoms with Crippen molar-refractivity contribution in [1.82, 2.24) is 4.57 Å². The molecule has 1 N–H and O–H groups in total. The summed E-state index contributed by atoms with van der Waals surface area (Å²) >= 11 is 5.94. The Balaban J connectivity index is 1.49. The van der Waals surface area contributed by atoms with Crippen LogP contribution in [0.5, 0.6) is 11.5 Å². The zero-order chi connectivity index (χ0) is 26.4. The number of aromatic nitrogens is 1. The molecular weight excluding hydrogens is 486 g/mol. The van der Waals surface area contributed by atoms with Gasteiger partial charge in [-0.2, -0.15) is 5.26 Å². The van der Waals surface area contributed by atoms with Crippen molar-refractivity contribution in [2.24, 2.45) is 0 Å². The molecule has 1 amide bonds. The van der Waals surface area contributed by atoms with Gasteiger partial charge in [0.2, 0.25) is 0 Å². The Labute approximate surface area is 221 Å². The fraction of sp³-hybridized carbons (Fsp3) is 0.133. The van der Waals surface area contributed by atoms with E-state index in [9.17, 15) is 10.1 Å². The van der Waals surface area contributed by atoms with Crippen molar-refractivity contribution in [2.75, 3.05) is 12.4 Å². The quantitative estimate of drug-likeness (QED) is 0.206. The van der Waals surface area contributed by atoms with E-state index in [-0.39, 0.29) is 5.57 Å². The SMILES string of the molecule is COc1ccc(NC(=O)/C(C#N)=C\c2cc(C)n(-c3ccc(OCc4ccc(Cl)cc4)cc3)c2C)cc1. The smallest absolute Gasteiger partial charge is 0.266 e. The number of nitriles is 1. The summed E-state index contributed by atoms with van der Waals surface area (Å²) < 4.78 is 13.1. The van der Waals surface area contributed by atoms with Crippen LogP contribution in [0.1, 0.15) is 22.5 Å². The lowest BCUT2D eigenvalue weighted by atomic mass is 10.1. The Morgan fingerprint density at radius 3 is 2.27 bits per heavy atom. The number of amides is 1. The fourth-order valence-electron chi connectivity index (χ4n) is 3.95. The van der Waals surface area contributed by atoms with Crippen LogP contribution in [-0.2, 0) is 11.4 Å². The molecular formula is C30H26ClN3O3. The molecule has 0 bridgehead atoms. The zero-order valence-electron chi connectivity index (χ0n) is 20.8. The van der Waals surface area contributed by atoms with E-state index < -0.39 is 5.91 Å². The van der Waals surface area contributed by atoms with Gasteiger partial charge in [0.1, 0.15) is 29.7 Å². The van der Waals surface area contributed by atoms with E-state index in [1.54, 1.807) is 37.5 Å². The van der Waals surface area contributed by atoms with Crippen LogP contribution in [0, 0.1) is 25.2 Å². The van der Waals surface area contributed by atoms with Crippen molar-refractivity contribution in [1.29, 1.82) is 5.26 Å². The van der Waals surface area contributed by atoms with Gasteiger partial charge in [-0.25, -0.2) is 0 Å². The van der Waals surface area contributed by atoms with Gasteiger partial charge in [-0.15, -0.1) is 0 Å². The Hall–Kier alpha value is -4.47. The van der Waals surface area contributed by atoms with E-state index in [0.29, 0.717) is 23.1 Å². The summed E-state index contributed by atoms with van der Waals surface area (Å²) in [5.41, 5.74) is 5.27. The fourth-order valence-corrected chi connectivity index (χ4v) is 4.07. The highest BCUT2D eigenvalue weighted by Crippen LogP contribution is 2.25. The lowest BCUT2D eigenvalue weighted by Gasteiger charge is -2.12. The highest BCUT2D eigenvalue weighted by atomic mass is 35.5. The molecule has 6 nitrogen and oxygen atoms in total. The number of anilines is 1. The number of halogens is 1. The van der Waals surface area contributed by atoms with Crippen LogP contribution in [0.3, 0.4) is 0 Å². The molecule has 0 saturated carbocycles. The third-order valence-electron chi connectivity index (χ3n) is 5.90. The highest BCUT2D eigenvalue weighted by Gasteiger charge is 2.14.